The normalized spacial score (nSPS) is 16.6. The Bertz CT molecular complexity index is 158. The van der Waals surface area contributed by atoms with Gasteiger partial charge in [0.05, 0.1) is 5.71 Å². The van der Waals surface area contributed by atoms with Gasteiger partial charge in [0.15, 0.2) is 0 Å². The summed E-state index contributed by atoms with van der Waals surface area (Å²) in [5.41, 5.74) is 1.78. The molecule has 1 aliphatic heterocycles. The summed E-state index contributed by atoms with van der Waals surface area (Å²) in [6, 6.07) is 0. The van der Waals surface area contributed by atoms with Crippen LogP contribution in [0.25, 0.3) is 0 Å². The van der Waals surface area contributed by atoms with Gasteiger partial charge in [-0.05, 0) is 13.8 Å². The minimum atomic E-state index is 0. The minimum absolute atomic E-state index is 0. The fourth-order valence-corrected chi connectivity index (χ4v) is 0.502. The molecule has 0 fully saturated rings. The van der Waals surface area contributed by atoms with Gasteiger partial charge < -0.3 is 17.2 Å². The molecule has 0 N–H and O–H groups in total. The van der Waals surface area contributed by atoms with Crippen molar-refractivity contribution in [2.75, 3.05) is 0 Å². The van der Waals surface area contributed by atoms with Crippen LogP contribution in [0.15, 0.2) is 17.3 Å². The zero-order chi connectivity index (χ0) is 6.15. The van der Waals surface area contributed by atoms with E-state index in [1.165, 1.54) is 0 Å². The van der Waals surface area contributed by atoms with E-state index in [0.717, 1.165) is 17.4 Å². The summed E-state index contributed by atoms with van der Waals surface area (Å²) >= 11 is 0. The molecule has 0 amide bonds. The van der Waals surface area contributed by atoms with Crippen molar-refractivity contribution in [1.82, 2.24) is 0 Å². The molecule has 1 heterocycles. The van der Waals surface area contributed by atoms with Crippen LogP contribution in [0.3, 0.4) is 0 Å². The Balaban J connectivity index is 0. The minimum Gasteiger partial charge on any atom is -1.00 e. The van der Waals surface area contributed by atoms with Gasteiger partial charge in [-0.25, -0.2) is 0 Å². The van der Waals surface area contributed by atoms with E-state index in [1.807, 2.05) is 13.8 Å². The van der Waals surface area contributed by atoms with Crippen molar-refractivity contribution in [1.29, 1.82) is 0 Å². The predicted octanol–water partition coefficient (Wildman–Crippen LogP) is -1.50. The Morgan fingerprint density at radius 3 is 2.00 bits per heavy atom. The Labute approximate surface area is 79.9 Å². The molecule has 1 rings (SSSR count). The summed E-state index contributed by atoms with van der Waals surface area (Å²) in [7, 11) is 0. The molecule has 0 saturated heterocycles. The van der Waals surface area contributed by atoms with Gasteiger partial charge in [0.2, 0.25) is 6.10 Å². The van der Waals surface area contributed by atoms with Gasteiger partial charge in [-0.1, -0.05) is 11.7 Å². The second-order valence-electron chi connectivity index (χ2n) is 1.80. The standard InChI is InChI=1S/C6H8NO.ClH.Zn/c1-4-5(2)7-8-6(4)3;;/h1H2,2-3H3;1H;/p-1. The molecule has 0 atom stereocenters. The van der Waals surface area contributed by atoms with Crippen LogP contribution in [0.5, 0.6) is 0 Å². The largest absolute Gasteiger partial charge is 1.00 e. The SMILES string of the molecule is C=C1[C](C)ON=C1C.[Cl-].[Zn]. The van der Waals surface area contributed by atoms with E-state index in [2.05, 4.69) is 11.7 Å². The van der Waals surface area contributed by atoms with Gasteiger partial charge in [0.25, 0.3) is 0 Å². The summed E-state index contributed by atoms with van der Waals surface area (Å²) in [5.74, 6) is 0. The Kier molecular flexibility index (Phi) is 6.21. The second-order valence-corrected chi connectivity index (χ2v) is 1.80. The van der Waals surface area contributed by atoms with Gasteiger partial charge >= 0.3 is 0 Å². The summed E-state index contributed by atoms with van der Waals surface area (Å²) in [4.78, 5) is 4.78. The number of hydrogen-bond acceptors (Lipinski definition) is 2. The fraction of sp³-hybridized carbons (Fsp3) is 0.333. The number of oxime groups is 1. The first-order valence-electron chi connectivity index (χ1n) is 2.46. The molecule has 0 bridgehead atoms. The van der Waals surface area contributed by atoms with Crippen LogP contribution in [-0.4, -0.2) is 5.71 Å². The van der Waals surface area contributed by atoms with Gasteiger partial charge in [0, 0.05) is 25.1 Å². The third-order valence-electron chi connectivity index (χ3n) is 1.18. The van der Waals surface area contributed by atoms with Gasteiger partial charge in [0.1, 0.15) is 0 Å². The monoisotopic (exact) mass is 209 g/mol. The van der Waals surface area contributed by atoms with Crippen LogP contribution >= 0.6 is 0 Å². The maximum absolute atomic E-state index is 4.78. The number of nitrogens with zero attached hydrogens (tertiary/aromatic N) is 1. The molecule has 0 aromatic carbocycles. The molecule has 1 radical (unpaired) electrons. The fourth-order valence-electron chi connectivity index (χ4n) is 0.502. The van der Waals surface area contributed by atoms with Crippen molar-refractivity contribution < 1.29 is 36.7 Å². The molecular formula is C6H8ClNOZn-. The third kappa shape index (κ3) is 2.39. The van der Waals surface area contributed by atoms with Crippen molar-refractivity contribution in [3.8, 4) is 0 Å². The topological polar surface area (TPSA) is 21.6 Å². The maximum atomic E-state index is 4.78. The summed E-state index contributed by atoms with van der Waals surface area (Å²) in [6.45, 7) is 7.45. The first-order valence-corrected chi connectivity index (χ1v) is 2.46. The van der Waals surface area contributed by atoms with Crippen molar-refractivity contribution in [3.05, 3.63) is 18.3 Å². The van der Waals surface area contributed by atoms with E-state index in [0.29, 0.717) is 0 Å². The molecule has 53 valence electrons. The zero-order valence-electron chi connectivity index (χ0n) is 6.15. The van der Waals surface area contributed by atoms with Crippen LogP contribution in [0.1, 0.15) is 13.8 Å². The first kappa shape index (κ1) is 12.8. The predicted molar refractivity (Wildman–Crippen MR) is 32.3 cm³/mol. The Morgan fingerprint density at radius 2 is 1.90 bits per heavy atom. The molecule has 0 aromatic rings. The second kappa shape index (κ2) is 4.87. The number of halogens is 1. The quantitative estimate of drug-likeness (QED) is 0.447. The number of rotatable bonds is 0. The van der Waals surface area contributed by atoms with Crippen LogP contribution in [0.2, 0.25) is 0 Å². The van der Waals surface area contributed by atoms with Crippen molar-refractivity contribution in [3.63, 3.8) is 0 Å². The maximum Gasteiger partial charge on any atom is 0.207 e. The summed E-state index contributed by atoms with van der Waals surface area (Å²) in [5, 5.41) is 3.68. The third-order valence-corrected chi connectivity index (χ3v) is 1.18. The van der Waals surface area contributed by atoms with Gasteiger partial charge in [-0.3, -0.25) is 0 Å². The first-order chi connectivity index (χ1) is 3.72. The van der Waals surface area contributed by atoms with Crippen molar-refractivity contribution >= 4 is 5.71 Å². The average molecular weight is 211 g/mol. The Morgan fingerprint density at radius 1 is 1.40 bits per heavy atom. The van der Waals surface area contributed by atoms with Crippen LogP contribution in [0, 0.1) is 6.10 Å². The molecule has 2 nitrogen and oxygen atoms in total. The summed E-state index contributed by atoms with van der Waals surface area (Å²) < 4.78 is 0. The molecule has 1 aliphatic rings. The molecule has 0 spiro atoms. The molecule has 0 aliphatic carbocycles. The van der Waals surface area contributed by atoms with E-state index < -0.39 is 0 Å². The van der Waals surface area contributed by atoms with Crippen molar-refractivity contribution in [2.24, 2.45) is 5.16 Å². The van der Waals surface area contributed by atoms with Crippen LogP contribution in [-0.2, 0) is 24.3 Å². The molecule has 0 saturated carbocycles. The molecule has 0 unspecified atom stereocenters. The average Bonchev–Trinajstić information content (AvgIpc) is 1.98. The molecule has 4 heteroatoms. The van der Waals surface area contributed by atoms with Crippen molar-refractivity contribution in [2.45, 2.75) is 13.8 Å². The van der Waals surface area contributed by atoms with E-state index in [4.69, 9.17) is 4.84 Å². The zero-order valence-corrected chi connectivity index (χ0v) is 9.87. The van der Waals surface area contributed by atoms with E-state index in [1.54, 1.807) is 0 Å². The van der Waals surface area contributed by atoms with Crippen LogP contribution < -0.4 is 12.4 Å². The Hall–Kier alpha value is 0.123. The summed E-state index contributed by atoms with van der Waals surface area (Å²) in [6.07, 6.45) is 0.808. The van der Waals surface area contributed by atoms with E-state index >= 15 is 0 Å². The molecule has 10 heavy (non-hydrogen) atoms. The molecule has 0 aromatic heterocycles. The van der Waals surface area contributed by atoms with E-state index in [-0.39, 0.29) is 31.9 Å². The molecular weight excluding hydrogens is 203 g/mol. The van der Waals surface area contributed by atoms with E-state index in [9.17, 15) is 0 Å². The van der Waals surface area contributed by atoms with Crippen LogP contribution in [0.4, 0.5) is 0 Å². The smallest absolute Gasteiger partial charge is 0.207 e. The van der Waals surface area contributed by atoms with Gasteiger partial charge in [-0.2, -0.15) is 0 Å². The number of hydrogen-bond donors (Lipinski definition) is 0. The van der Waals surface area contributed by atoms with Gasteiger partial charge in [-0.15, -0.1) is 0 Å².